The number of rotatable bonds is 4. The number of ether oxygens (including phenoxy) is 1. The van der Waals surface area contributed by atoms with E-state index in [9.17, 15) is 4.79 Å². The number of nitrogens with zero attached hydrogens (tertiary/aromatic N) is 2. The van der Waals surface area contributed by atoms with Gasteiger partial charge in [0.25, 0.3) is 0 Å². The molecule has 1 fully saturated rings. The van der Waals surface area contributed by atoms with E-state index >= 15 is 0 Å². The molecule has 0 bridgehead atoms. The Morgan fingerprint density at radius 1 is 1.45 bits per heavy atom. The second kappa shape index (κ2) is 7.27. The second-order valence-electron chi connectivity index (χ2n) is 4.47. The van der Waals surface area contributed by atoms with Crippen molar-refractivity contribution in [3.05, 3.63) is 28.2 Å². The summed E-state index contributed by atoms with van der Waals surface area (Å²) in [7, 11) is 0. The Morgan fingerprint density at radius 2 is 2.20 bits per heavy atom. The first kappa shape index (κ1) is 14.8. The van der Waals surface area contributed by atoms with E-state index in [1.165, 1.54) is 0 Å². The first-order chi connectivity index (χ1) is 9.70. The summed E-state index contributed by atoms with van der Waals surface area (Å²) >= 11 is 3.33. The van der Waals surface area contributed by atoms with Crippen molar-refractivity contribution < 1.29 is 9.53 Å². The van der Waals surface area contributed by atoms with Gasteiger partial charge in [-0.2, -0.15) is 5.26 Å². The van der Waals surface area contributed by atoms with Crippen molar-refractivity contribution >= 4 is 27.5 Å². The molecular formula is C14H16BrN3O2. The van der Waals surface area contributed by atoms with Crippen molar-refractivity contribution in [3.8, 4) is 6.07 Å². The maximum absolute atomic E-state index is 12.0. The van der Waals surface area contributed by atoms with E-state index in [2.05, 4.69) is 27.3 Å². The fourth-order valence-corrected chi connectivity index (χ4v) is 2.40. The molecule has 0 unspecified atom stereocenters. The number of carbonyl (C=O) groups is 1. The van der Waals surface area contributed by atoms with Crippen molar-refractivity contribution in [3.63, 3.8) is 0 Å². The highest BCUT2D eigenvalue weighted by Crippen LogP contribution is 2.20. The van der Waals surface area contributed by atoms with Crippen LogP contribution in [0.2, 0.25) is 0 Å². The lowest BCUT2D eigenvalue weighted by Crippen LogP contribution is -2.41. The Kier molecular flexibility index (Phi) is 5.39. The SMILES string of the molecule is N#Cc1cc(Br)ccc1NCCC(=O)N1CCOCC1. The third-order valence-corrected chi connectivity index (χ3v) is 3.61. The Hall–Kier alpha value is -1.58. The van der Waals surface area contributed by atoms with Gasteiger partial charge in [-0.1, -0.05) is 15.9 Å². The van der Waals surface area contributed by atoms with Crippen LogP contribution in [0.4, 0.5) is 5.69 Å². The Balaban J connectivity index is 1.83. The lowest BCUT2D eigenvalue weighted by molar-refractivity contribution is -0.134. The van der Waals surface area contributed by atoms with Crippen molar-refractivity contribution in [2.45, 2.75) is 6.42 Å². The zero-order chi connectivity index (χ0) is 14.4. The van der Waals surface area contributed by atoms with E-state index < -0.39 is 0 Å². The fourth-order valence-electron chi connectivity index (χ4n) is 2.04. The van der Waals surface area contributed by atoms with Crippen LogP contribution in [0.15, 0.2) is 22.7 Å². The van der Waals surface area contributed by atoms with E-state index in [-0.39, 0.29) is 5.91 Å². The van der Waals surface area contributed by atoms with Crippen LogP contribution in [0.1, 0.15) is 12.0 Å². The molecule has 1 aromatic carbocycles. The van der Waals surface area contributed by atoms with Crippen LogP contribution < -0.4 is 5.32 Å². The quantitative estimate of drug-likeness (QED) is 0.912. The normalized spacial score (nSPS) is 14.7. The minimum atomic E-state index is 0.122. The van der Waals surface area contributed by atoms with Crippen molar-refractivity contribution in [1.82, 2.24) is 4.90 Å². The summed E-state index contributed by atoms with van der Waals surface area (Å²) in [6.07, 6.45) is 0.418. The summed E-state index contributed by atoms with van der Waals surface area (Å²) in [5, 5.41) is 12.2. The molecule has 1 amide bonds. The predicted octanol–water partition coefficient (Wildman–Crippen LogP) is 1.98. The van der Waals surface area contributed by atoms with Crippen LogP contribution in [0, 0.1) is 11.3 Å². The third kappa shape index (κ3) is 3.95. The second-order valence-corrected chi connectivity index (χ2v) is 5.39. The van der Waals surface area contributed by atoms with Crippen LogP contribution >= 0.6 is 15.9 Å². The number of anilines is 1. The van der Waals surface area contributed by atoms with Crippen molar-refractivity contribution in [1.29, 1.82) is 5.26 Å². The van der Waals surface area contributed by atoms with Gasteiger partial charge in [0, 0.05) is 30.5 Å². The molecule has 0 aliphatic carbocycles. The van der Waals surface area contributed by atoms with E-state index in [4.69, 9.17) is 10.00 Å². The van der Waals surface area contributed by atoms with Crippen LogP contribution in [0.5, 0.6) is 0 Å². The number of nitrogens with one attached hydrogen (secondary N) is 1. The average Bonchev–Trinajstić information content (AvgIpc) is 2.49. The summed E-state index contributed by atoms with van der Waals surface area (Å²) in [4.78, 5) is 13.8. The third-order valence-electron chi connectivity index (χ3n) is 3.12. The summed E-state index contributed by atoms with van der Waals surface area (Å²) in [5.74, 6) is 0.122. The molecule has 2 rings (SSSR count). The largest absolute Gasteiger partial charge is 0.383 e. The van der Waals surface area contributed by atoms with Gasteiger partial charge in [-0.15, -0.1) is 0 Å². The zero-order valence-electron chi connectivity index (χ0n) is 11.1. The van der Waals surface area contributed by atoms with Gasteiger partial charge in [-0.3, -0.25) is 4.79 Å². The molecule has 0 spiro atoms. The van der Waals surface area contributed by atoms with Crippen molar-refractivity contribution in [2.24, 2.45) is 0 Å². The Bertz CT molecular complexity index is 522. The highest BCUT2D eigenvalue weighted by Gasteiger charge is 2.16. The lowest BCUT2D eigenvalue weighted by atomic mass is 10.2. The van der Waals surface area contributed by atoms with Crippen LogP contribution in [0.25, 0.3) is 0 Å². The predicted molar refractivity (Wildman–Crippen MR) is 79.4 cm³/mol. The molecule has 1 saturated heterocycles. The first-order valence-electron chi connectivity index (χ1n) is 6.50. The molecule has 0 saturated carbocycles. The van der Waals surface area contributed by atoms with Crippen LogP contribution in [-0.4, -0.2) is 43.7 Å². The smallest absolute Gasteiger partial charge is 0.224 e. The van der Waals surface area contributed by atoms with E-state index in [0.717, 1.165) is 10.2 Å². The summed E-state index contributed by atoms with van der Waals surface area (Å²) < 4.78 is 6.08. The summed E-state index contributed by atoms with van der Waals surface area (Å²) in [6, 6.07) is 7.59. The molecule has 1 N–H and O–H groups in total. The molecule has 5 nitrogen and oxygen atoms in total. The first-order valence-corrected chi connectivity index (χ1v) is 7.29. The molecular weight excluding hydrogens is 322 g/mol. The maximum atomic E-state index is 12.0. The molecule has 0 atom stereocenters. The monoisotopic (exact) mass is 337 g/mol. The molecule has 20 heavy (non-hydrogen) atoms. The van der Waals surface area contributed by atoms with Crippen molar-refractivity contribution in [2.75, 3.05) is 38.2 Å². The number of carbonyl (C=O) groups excluding carboxylic acids is 1. The van der Waals surface area contributed by atoms with Gasteiger partial charge < -0.3 is 15.0 Å². The van der Waals surface area contributed by atoms with E-state index in [1.807, 2.05) is 17.0 Å². The lowest BCUT2D eigenvalue weighted by Gasteiger charge is -2.27. The van der Waals surface area contributed by atoms with Gasteiger partial charge in [0.05, 0.1) is 24.5 Å². The number of hydrogen-bond donors (Lipinski definition) is 1. The zero-order valence-corrected chi connectivity index (χ0v) is 12.6. The fraction of sp³-hybridized carbons (Fsp3) is 0.429. The maximum Gasteiger partial charge on any atom is 0.224 e. The van der Waals surface area contributed by atoms with Gasteiger partial charge in [-0.05, 0) is 18.2 Å². The number of nitriles is 1. The molecule has 6 heteroatoms. The van der Waals surface area contributed by atoms with Gasteiger partial charge >= 0.3 is 0 Å². The molecule has 1 heterocycles. The number of morpholine rings is 1. The van der Waals surface area contributed by atoms with E-state index in [1.54, 1.807) is 6.07 Å². The van der Waals surface area contributed by atoms with Gasteiger partial charge in [0.2, 0.25) is 5.91 Å². The average molecular weight is 338 g/mol. The number of hydrogen-bond acceptors (Lipinski definition) is 4. The van der Waals surface area contributed by atoms with Crippen LogP contribution in [-0.2, 0) is 9.53 Å². The minimum Gasteiger partial charge on any atom is -0.383 e. The molecule has 1 aliphatic rings. The minimum absolute atomic E-state index is 0.122. The Labute approximate surface area is 126 Å². The van der Waals surface area contributed by atoms with E-state index in [0.29, 0.717) is 44.8 Å². The highest BCUT2D eigenvalue weighted by atomic mass is 79.9. The Morgan fingerprint density at radius 3 is 2.90 bits per heavy atom. The van der Waals surface area contributed by atoms with Gasteiger partial charge in [-0.25, -0.2) is 0 Å². The number of benzene rings is 1. The van der Waals surface area contributed by atoms with Gasteiger partial charge in [0.15, 0.2) is 0 Å². The molecule has 0 radical (unpaired) electrons. The van der Waals surface area contributed by atoms with Gasteiger partial charge in [0.1, 0.15) is 6.07 Å². The molecule has 106 valence electrons. The highest BCUT2D eigenvalue weighted by molar-refractivity contribution is 9.10. The molecule has 0 aromatic heterocycles. The number of halogens is 1. The topological polar surface area (TPSA) is 65.4 Å². The van der Waals surface area contributed by atoms with Crippen LogP contribution in [0.3, 0.4) is 0 Å². The number of amides is 1. The molecule has 1 aromatic rings. The standard InChI is InChI=1S/C14H16BrN3O2/c15-12-1-2-13(11(9-12)10-16)17-4-3-14(19)18-5-7-20-8-6-18/h1-2,9,17H,3-8H2. The molecule has 1 aliphatic heterocycles. The summed E-state index contributed by atoms with van der Waals surface area (Å²) in [6.45, 7) is 3.09. The summed E-state index contributed by atoms with van der Waals surface area (Å²) in [5.41, 5.74) is 1.32.